The third kappa shape index (κ3) is 2.37. The van der Waals surface area contributed by atoms with E-state index in [1.54, 1.807) is 0 Å². The molecule has 4 heteroatoms. The molecule has 0 amide bonds. The number of carboxylic acids is 1. The Morgan fingerprint density at radius 1 is 1.60 bits per heavy atom. The minimum atomic E-state index is -0.824. The number of aromatic carboxylic acids is 1. The van der Waals surface area contributed by atoms with Crippen LogP contribution in [0.25, 0.3) is 0 Å². The molecule has 0 spiro atoms. The van der Waals surface area contributed by atoms with Crippen LogP contribution in [0.1, 0.15) is 53.0 Å². The predicted molar refractivity (Wildman–Crippen MR) is 59.6 cm³/mol. The lowest BCUT2D eigenvalue weighted by molar-refractivity contribution is 0.0700. The van der Waals surface area contributed by atoms with E-state index in [0.717, 1.165) is 17.1 Å². The largest absolute Gasteiger partial charge is 0.477 e. The van der Waals surface area contributed by atoms with E-state index >= 15 is 0 Å². The molecular weight excluding hydrogens is 210 g/mol. The molecule has 15 heavy (non-hydrogen) atoms. The first-order valence-corrected chi connectivity index (χ1v) is 6.12. The second-order valence-corrected chi connectivity index (χ2v) is 5.54. The number of hydrogen-bond donors (Lipinski definition) is 1. The van der Waals surface area contributed by atoms with Gasteiger partial charge in [0.1, 0.15) is 4.88 Å². The van der Waals surface area contributed by atoms with E-state index in [2.05, 4.69) is 18.8 Å². The second-order valence-electron chi connectivity index (χ2n) is 4.51. The minimum Gasteiger partial charge on any atom is -0.477 e. The Morgan fingerprint density at radius 3 is 2.73 bits per heavy atom. The van der Waals surface area contributed by atoms with Crippen LogP contribution < -0.4 is 0 Å². The van der Waals surface area contributed by atoms with Crippen LogP contribution in [0.5, 0.6) is 0 Å². The van der Waals surface area contributed by atoms with Gasteiger partial charge in [-0.15, -0.1) is 11.3 Å². The quantitative estimate of drug-likeness (QED) is 0.857. The molecular formula is C11H15NO2S. The van der Waals surface area contributed by atoms with E-state index in [1.165, 1.54) is 24.2 Å². The van der Waals surface area contributed by atoms with Gasteiger partial charge in [0.05, 0.1) is 10.7 Å². The van der Waals surface area contributed by atoms with Crippen molar-refractivity contribution in [3.05, 3.63) is 15.6 Å². The van der Waals surface area contributed by atoms with Gasteiger partial charge < -0.3 is 5.11 Å². The fourth-order valence-electron chi connectivity index (χ4n) is 1.57. The molecule has 0 radical (unpaired) electrons. The smallest absolute Gasteiger partial charge is 0.347 e. The topological polar surface area (TPSA) is 50.2 Å². The lowest BCUT2D eigenvalue weighted by atomic mass is 10.1. The summed E-state index contributed by atoms with van der Waals surface area (Å²) in [5, 5.41) is 10.1. The number of carboxylic acid groups (broad SMARTS) is 1. The van der Waals surface area contributed by atoms with Crippen molar-refractivity contribution in [2.75, 3.05) is 0 Å². The minimum absolute atomic E-state index is 0.450. The molecule has 1 aliphatic rings. The average Bonchev–Trinajstić information content (AvgIpc) is 2.88. The first kappa shape index (κ1) is 10.6. The summed E-state index contributed by atoms with van der Waals surface area (Å²) in [7, 11) is 0. The number of carbonyl (C=O) groups is 1. The molecule has 2 rings (SSSR count). The highest BCUT2D eigenvalue weighted by molar-refractivity contribution is 7.13. The van der Waals surface area contributed by atoms with Gasteiger partial charge in [0.25, 0.3) is 0 Å². The summed E-state index contributed by atoms with van der Waals surface area (Å²) in [4.78, 5) is 16.0. The summed E-state index contributed by atoms with van der Waals surface area (Å²) in [5.74, 6) is 0.182. The van der Waals surface area contributed by atoms with Crippen molar-refractivity contribution < 1.29 is 9.90 Å². The molecule has 82 valence electrons. The van der Waals surface area contributed by atoms with Gasteiger partial charge in [-0.1, -0.05) is 13.8 Å². The van der Waals surface area contributed by atoms with Crippen molar-refractivity contribution in [1.82, 2.24) is 4.98 Å². The highest BCUT2D eigenvalue weighted by Crippen LogP contribution is 2.42. The number of nitrogens with zero attached hydrogens (tertiary/aromatic N) is 1. The van der Waals surface area contributed by atoms with Crippen LogP contribution in [0.15, 0.2) is 0 Å². The maximum absolute atomic E-state index is 11.0. The zero-order valence-electron chi connectivity index (χ0n) is 8.99. The zero-order chi connectivity index (χ0) is 11.0. The van der Waals surface area contributed by atoms with Gasteiger partial charge in [-0.05, 0) is 25.2 Å². The molecule has 0 saturated heterocycles. The molecule has 1 heterocycles. The molecule has 1 saturated carbocycles. The van der Waals surface area contributed by atoms with Gasteiger partial charge >= 0.3 is 5.97 Å². The normalized spacial score (nSPS) is 15.9. The third-order valence-corrected chi connectivity index (χ3v) is 3.68. The first-order valence-electron chi connectivity index (χ1n) is 5.30. The number of aromatic nitrogens is 1. The molecule has 1 aromatic rings. The van der Waals surface area contributed by atoms with Crippen LogP contribution in [-0.4, -0.2) is 16.1 Å². The van der Waals surface area contributed by atoms with Gasteiger partial charge in [-0.25, -0.2) is 9.78 Å². The Balaban J connectivity index is 2.28. The Bertz CT molecular complexity index is 380. The monoisotopic (exact) mass is 225 g/mol. The summed E-state index contributed by atoms with van der Waals surface area (Å²) in [5.41, 5.74) is 0.782. The van der Waals surface area contributed by atoms with Gasteiger partial charge in [-0.2, -0.15) is 0 Å². The average molecular weight is 225 g/mol. The van der Waals surface area contributed by atoms with Gasteiger partial charge in [0, 0.05) is 5.92 Å². The molecule has 0 aromatic carbocycles. The third-order valence-electron chi connectivity index (χ3n) is 2.44. The SMILES string of the molecule is CC(C)Cc1nc(C2CC2)sc1C(=O)O. The van der Waals surface area contributed by atoms with Crippen LogP contribution in [0.4, 0.5) is 0 Å². The lowest BCUT2D eigenvalue weighted by Gasteiger charge is -2.01. The lowest BCUT2D eigenvalue weighted by Crippen LogP contribution is -2.02. The highest BCUT2D eigenvalue weighted by atomic mass is 32.1. The van der Waals surface area contributed by atoms with E-state index in [4.69, 9.17) is 5.11 Å². The Morgan fingerprint density at radius 2 is 2.27 bits per heavy atom. The fraction of sp³-hybridized carbons (Fsp3) is 0.636. The summed E-state index contributed by atoms with van der Waals surface area (Å²) >= 11 is 1.37. The van der Waals surface area contributed by atoms with E-state index in [0.29, 0.717) is 16.7 Å². The fourth-order valence-corrected chi connectivity index (χ4v) is 2.67. The molecule has 1 N–H and O–H groups in total. The molecule has 0 atom stereocenters. The van der Waals surface area contributed by atoms with E-state index in [9.17, 15) is 4.79 Å². The van der Waals surface area contributed by atoms with Crippen molar-refractivity contribution in [3.63, 3.8) is 0 Å². The maximum atomic E-state index is 11.0. The Kier molecular flexibility index (Phi) is 2.78. The number of hydrogen-bond acceptors (Lipinski definition) is 3. The summed E-state index contributed by atoms with van der Waals surface area (Å²) in [6.07, 6.45) is 3.12. The van der Waals surface area contributed by atoms with Gasteiger partial charge in [0.15, 0.2) is 0 Å². The van der Waals surface area contributed by atoms with Crippen molar-refractivity contribution in [2.24, 2.45) is 5.92 Å². The molecule has 0 bridgehead atoms. The standard InChI is InChI=1S/C11H15NO2S/c1-6(2)5-8-9(11(13)14)15-10(12-8)7-3-4-7/h6-7H,3-5H2,1-2H3,(H,13,14). The number of rotatable bonds is 4. The van der Waals surface area contributed by atoms with Gasteiger partial charge in [0.2, 0.25) is 0 Å². The van der Waals surface area contributed by atoms with Crippen LogP contribution in [0.2, 0.25) is 0 Å². The summed E-state index contributed by atoms with van der Waals surface area (Å²) in [6.45, 7) is 4.17. The zero-order valence-corrected chi connectivity index (χ0v) is 9.80. The van der Waals surface area contributed by atoms with Crippen molar-refractivity contribution in [1.29, 1.82) is 0 Å². The Labute approximate surface area is 93.2 Å². The van der Waals surface area contributed by atoms with Crippen molar-refractivity contribution in [2.45, 2.75) is 39.0 Å². The van der Waals surface area contributed by atoms with Crippen LogP contribution in [-0.2, 0) is 6.42 Å². The summed E-state index contributed by atoms with van der Waals surface area (Å²) < 4.78 is 0. The molecule has 0 aliphatic heterocycles. The Hall–Kier alpha value is -0.900. The van der Waals surface area contributed by atoms with Crippen LogP contribution in [0.3, 0.4) is 0 Å². The molecule has 1 aliphatic carbocycles. The highest BCUT2D eigenvalue weighted by Gasteiger charge is 2.29. The van der Waals surface area contributed by atoms with E-state index < -0.39 is 5.97 Å². The van der Waals surface area contributed by atoms with Crippen LogP contribution in [0, 0.1) is 5.92 Å². The number of thiazole rings is 1. The first-order chi connectivity index (χ1) is 7.08. The molecule has 3 nitrogen and oxygen atoms in total. The van der Waals surface area contributed by atoms with Gasteiger partial charge in [-0.3, -0.25) is 0 Å². The van der Waals surface area contributed by atoms with Crippen molar-refractivity contribution >= 4 is 17.3 Å². The van der Waals surface area contributed by atoms with E-state index in [1.807, 2.05) is 0 Å². The molecule has 1 fully saturated rings. The summed E-state index contributed by atoms with van der Waals surface area (Å²) in [6, 6.07) is 0. The van der Waals surface area contributed by atoms with Crippen molar-refractivity contribution in [3.8, 4) is 0 Å². The van der Waals surface area contributed by atoms with E-state index in [-0.39, 0.29) is 0 Å². The second kappa shape index (κ2) is 3.93. The maximum Gasteiger partial charge on any atom is 0.347 e. The van der Waals surface area contributed by atoms with Crippen LogP contribution >= 0.6 is 11.3 Å². The predicted octanol–water partition coefficient (Wildman–Crippen LogP) is 2.92. The molecule has 0 unspecified atom stereocenters. The molecule has 1 aromatic heterocycles.